The van der Waals surface area contributed by atoms with Crippen molar-refractivity contribution >= 4 is 39.9 Å². The van der Waals surface area contributed by atoms with Gasteiger partial charge in [-0.25, -0.2) is 9.78 Å². The number of amides is 1. The molecule has 0 saturated carbocycles. The van der Waals surface area contributed by atoms with Crippen LogP contribution in [0.4, 0.5) is 5.13 Å². The van der Waals surface area contributed by atoms with Gasteiger partial charge in [-0.1, -0.05) is 66.5 Å². The minimum absolute atomic E-state index is 0.0122. The van der Waals surface area contributed by atoms with Crippen LogP contribution < -0.4 is 14.4 Å². The van der Waals surface area contributed by atoms with Gasteiger partial charge >= 0.3 is 11.9 Å². The van der Waals surface area contributed by atoms with E-state index >= 15 is 0 Å². The van der Waals surface area contributed by atoms with Gasteiger partial charge in [0.1, 0.15) is 35.3 Å². The third-order valence-corrected chi connectivity index (χ3v) is 7.97. The van der Waals surface area contributed by atoms with E-state index in [1.807, 2.05) is 37.3 Å². The second kappa shape index (κ2) is 13.4. The van der Waals surface area contributed by atoms with Gasteiger partial charge in [-0.15, -0.1) is 0 Å². The number of nitrogens with zero attached hydrogens (tertiary/aromatic N) is 2. The highest BCUT2D eigenvalue weighted by Crippen LogP contribution is 2.44. The maximum Gasteiger partial charge on any atom is 0.350 e. The molecule has 4 aromatic rings. The number of ketones is 1. The molecule has 0 radical (unpaired) electrons. The molecular weight excluding hydrogens is 580 g/mol. The highest BCUT2D eigenvalue weighted by atomic mass is 32.1. The molecule has 3 aromatic carbocycles. The molecule has 0 bridgehead atoms. The van der Waals surface area contributed by atoms with E-state index in [1.54, 1.807) is 55.5 Å². The van der Waals surface area contributed by atoms with Gasteiger partial charge in [0.05, 0.1) is 23.9 Å². The predicted octanol–water partition coefficient (Wildman–Crippen LogP) is 6.40. The number of esters is 1. The van der Waals surface area contributed by atoms with E-state index in [0.29, 0.717) is 41.5 Å². The molecule has 1 aliphatic heterocycles. The monoisotopic (exact) mass is 610 g/mol. The Bertz CT molecular complexity index is 1710. The molecular formula is C34H30N2O7S. The van der Waals surface area contributed by atoms with Crippen LogP contribution in [0.5, 0.6) is 11.5 Å². The Kier molecular flexibility index (Phi) is 9.20. The number of Topliss-reactive ketones (excluding diaryl/α,β-unsaturated/α-hetero) is 1. The lowest BCUT2D eigenvalue weighted by molar-refractivity contribution is -0.132. The molecule has 5 rings (SSSR count). The summed E-state index contributed by atoms with van der Waals surface area (Å²) in [7, 11) is 0. The summed E-state index contributed by atoms with van der Waals surface area (Å²) in [5.74, 6) is -1.55. The number of aromatic nitrogens is 1. The number of aliphatic hydroxyl groups is 1. The minimum atomic E-state index is -1.03. The van der Waals surface area contributed by atoms with Gasteiger partial charge in [-0.2, -0.15) is 0 Å². The van der Waals surface area contributed by atoms with Crippen LogP contribution >= 0.6 is 11.3 Å². The van der Waals surface area contributed by atoms with Crippen molar-refractivity contribution in [1.29, 1.82) is 0 Å². The summed E-state index contributed by atoms with van der Waals surface area (Å²) < 4.78 is 16.6. The molecule has 1 saturated heterocycles. The zero-order valence-electron chi connectivity index (χ0n) is 24.2. The first-order chi connectivity index (χ1) is 21.3. The number of hydrogen-bond donors (Lipinski definition) is 1. The number of carbonyl (C=O) groups excluding carboxylic acids is 3. The molecule has 2 heterocycles. The van der Waals surface area contributed by atoms with Gasteiger partial charge in [-0.05, 0) is 61.4 Å². The quantitative estimate of drug-likeness (QED) is 0.0682. The second-order valence-electron chi connectivity index (χ2n) is 9.77. The van der Waals surface area contributed by atoms with Crippen molar-refractivity contribution in [2.24, 2.45) is 0 Å². The first kappa shape index (κ1) is 30.2. The fourth-order valence-corrected chi connectivity index (χ4v) is 5.73. The number of ether oxygens (including phenoxy) is 3. The van der Waals surface area contributed by atoms with E-state index in [2.05, 4.69) is 11.6 Å². The standard InChI is InChI=1S/C34H30N2O7S/c1-4-19-42-33(40)31-21(3)35-34(44-31)36-28(23-11-15-25(16-12-23)41-5-2)27(30(38)32(36)39)29(37)24-13-17-26(18-14-24)43-20-22-9-7-6-8-10-22/h4,6-18,28,37H,1,5,19-20H2,2-3H3/b29-27+. The second-order valence-corrected chi connectivity index (χ2v) is 10.7. The Morgan fingerprint density at radius 2 is 1.66 bits per heavy atom. The molecule has 1 atom stereocenters. The van der Waals surface area contributed by atoms with Crippen molar-refractivity contribution < 1.29 is 33.7 Å². The number of rotatable bonds is 11. The summed E-state index contributed by atoms with van der Waals surface area (Å²) in [6, 6.07) is 22.2. The predicted molar refractivity (Wildman–Crippen MR) is 167 cm³/mol. The number of hydrogen-bond acceptors (Lipinski definition) is 9. The summed E-state index contributed by atoms with van der Waals surface area (Å²) in [4.78, 5) is 45.6. The summed E-state index contributed by atoms with van der Waals surface area (Å²) in [5.41, 5.74) is 2.11. The van der Waals surface area contributed by atoms with Crippen LogP contribution in [0.15, 0.2) is 97.1 Å². The molecule has 1 amide bonds. The lowest BCUT2D eigenvalue weighted by Crippen LogP contribution is -2.29. The van der Waals surface area contributed by atoms with Crippen molar-refractivity contribution in [2.45, 2.75) is 26.5 Å². The summed E-state index contributed by atoms with van der Waals surface area (Å²) >= 11 is 0.933. The van der Waals surface area contributed by atoms with Crippen molar-refractivity contribution in [3.8, 4) is 11.5 Å². The largest absolute Gasteiger partial charge is 0.507 e. The van der Waals surface area contributed by atoms with Crippen LogP contribution in [0, 0.1) is 6.92 Å². The first-order valence-corrected chi connectivity index (χ1v) is 14.7. The van der Waals surface area contributed by atoms with E-state index in [9.17, 15) is 19.5 Å². The Balaban J connectivity index is 1.53. The molecule has 10 heteroatoms. The first-order valence-electron chi connectivity index (χ1n) is 13.9. The fraction of sp³-hybridized carbons (Fsp3) is 0.176. The molecule has 44 heavy (non-hydrogen) atoms. The number of thiazole rings is 1. The third kappa shape index (κ3) is 6.25. The molecule has 0 spiro atoms. The van der Waals surface area contributed by atoms with Crippen molar-refractivity contribution in [3.63, 3.8) is 0 Å². The highest BCUT2D eigenvalue weighted by Gasteiger charge is 2.48. The SMILES string of the molecule is C=CCOC(=O)c1sc(N2C(=O)C(=O)/C(=C(/O)c3ccc(OCc4ccccc4)cc3)C2c2ccc(OCC)cc2)nc1C. The van der Waals surface area contributed by atoms with E-state index in [1.165, 1.54) is 11.0 Å². The number of aliphatic hydroxyl groups excluding tert-OH is 1. The molecule has 1 aliphatic rings. The van der Waals surface area contributed by atoms with Crippen molar-refractivity contribution in [2.75, 3.05) is 18.1 Å². The average Bonchev–Trinajstić information content (AvgIpc) is 3.55. The van der Waals surface area contributed by atoms with E-state index in [4.69, 9.17) is 14.2 Å². The highest BCUT2D eigenvalue weighted by molar-refractivity contribution is 7.17. The van der Waals surface area contributed by atoms with Crippen molar-refractivity contribution in [3.05, 3.63) is 124 Å². The zero-order chi connectivity index (χ0) is 31.2. The van der Waals surface area contributed by atoms with Crippen LogP contribution in [0.25, 0.3) is 5.76 Å². The van der Waals surface area contributed by atoms with Crippen LogP contribution in [0.1, 0.15) is 45.0 Å². The Labute approximate surface area is 258 Å². The Morgan fingerprint density at radius 1 is 1.00 bits per heavy atom. The van der Waals surface area contributed by atoms with Gasteiger partial charge < -0.3 is 19.3 Å². The number of aryl methyl sites for hydroxylation is 1. The van der Waals surface area contributed by atoms with E-state index < -0.39 is 23.7 Å². The molecule has 1 fully saturated rings. The fourth-order valence-electron chi connectivity index (χ4n) is 4.74. The van der Waals surface area contributed by atoms with Crippen molar-refractivity contribution in [1.82, 2.24) is 4.98 Å². The summed E-state index contributed by atoms with van der Waals surface area (Å²) in [5, 5.41) is 11.6. The molecule has 1 unspecified atom stereocenters. The molecule has 1 N–H and O–H groups in total. The van der Waals surface area contributed by atoms with Crippen LogP contribution in [0.3, 0.4) is 0 Å². The maximum atomic E-state index is 13.6. The molecule has 224 valence electrons. The molecule has 1 aromatic heterocycles. The third-order valence-electron chi connectivity index (χ3n) is 6.84. The maximum absolute atomic E-state index is 13.6. The van der Waals surface area contributed by atoms with Crippen LogP contribution in [-0.2, 0) is 20.9 Å². The van der Waals surface area contributed by atoms with E-state index in [0.717, 1.165) is 16.9 Å². The average molecular weight is 611 g/mol. The molecule has 9 nitrogen and oxygen atoms in total. The van der Waals surface area contributed by atoms with Gasteiger partial charge in [0, 0.05) is 5.56 Å². The van der Waals surface area contributed by atoms with Crippen LogP contribution in [-0.4, -0.2) is 41.0 Å². The van der Waals surface area contributed by atoms with Crippen LogP contribution in [0.2, 0.25) is 0 Å². The lowest BCUT2D eigenvalue weighted by atomic mass is 9.95. The summed E-state index contributed by atoms with van der Waals surface area (Å²) in [6.07, 6.45) is 1.45. The Hall–Kier alpha value is -5.22. The van der Waals surface area contributed by atoms with E-state index in [-0.39, 0.29) is 27.9 Å². The zero-order valence-corrected chi connectivity index (χ0v) is 25.0. The Morgan fingerprint density at radius 3 is 2.32 bits per heavy atom. The smallest absolute Gasteiger partial charge is 0.350 e. The number of carbonyl (C=O) groups is 3. The van der Waals surface area contributed by atoms with Gasteiger partial charge in [-0.3, -0.25) is 14.5 Å². The van der Waals surface area contributed by atoms with Gasteiger partial charge in [0.2, 0.25) is 0 Å². The normalized spacial score (nSPS) is 15.7. The summed E-state index contributed by atoms with van der Waals surface area (Å²) in [6.45, 7) is 7.87. The molecule has 0 aliphatic carbocycles. The number of anilines is 1. The van der Waals surface area contributed by atoms with Gasteiger partial charge in [0.25, 0.3) is 5.78 Å². The minimum Gasteiger partial charge on any atom is -0.507 e. The number of benzene rings is 3. The topological polar surface area (TPSA) is 115 Å². The lowest BCUT2D eigenvalue weighted by Gasteiger charge is -2.23. The van der Waals surface area contributed by atoms with Gasteiger partial charge in [0.15, 0.2) is 5.13 Å².